The Balaban J connectivity index is 2.17. The van der Waals surface area contributed by atoms with Crippen molar-refractivity contribution in [3.63, 3.8) is 0 Å². The lowest BCUT2D eigenvalue weighted by Gasteiger charge is -2.27. The number of hydrogen-bond acceptors (Lipinski definition) is 2. The summed E-state index contributed by atoms with van der Waals surface area (Å²) < 4.78 is 2.11. The third kappa shape index (κ3) is 3.56. The molecule has 1 aromatic rings. The molecule has 0 aromatic carbocycles. The normalized spacial score (nSPS) is 23.8. The van der Waals surface area contributed by atoms with E-state index in [9.17, 15) is 0 Å². The highest BCUT2D eigenvalue weighted by atomic mass is 35.5. The number of nitrogens with one attached hydrogen (secondary N) is 1. The number of rotatable bonds is 4. The van der Waals surface area contributed by atoms with Gasteiger partial charge in [0.15, 0.2) is 0 Å². The van der Waals surface area contributed by atoms with Crippen LogP contribution in [-0.4, -0.2) is 21.9 Å². The van der Waals surface area contributed by atoms with Crippen molar-refractivity contribution >= 4 is 11.6 Å². The van der Waals surface area contributed by atoms with Crippen molar-refractivity contribution in [2.75, 3.05) is 6.54 Å². The molecule has 1 fully saturated rings. The fourth-order valence-corrected chi connectivity index (χ4v) is 3.46. The second kappa shape index (κ2) is 6.07. The lowest BCUT2D eigenvalue weighted by Crippen LogP contribution is -2.39. The zero-order valence-electron chi connectivity index (χ0n) is 13.4. The first kappa shape index (κ1) is 15.8. The quantitative estimate of drug-likeness (QED) is 0.893. The summed E-state index contributed by atoms with van der Waals surface area (Å²) in [6.07, 6.45) is 5.62. The summed E-state index contributed by atoms with van der Waals surface area (Å²) in [5.74, 6) is 1.21. The van der Waals surface area contributed by atoms with Gasteiger partial charge in [-0.05, 0) is 59.9 Å². The first-order chi connectivity index (χ1) is 9.29. The fourth-order valence-electron chi connectivity index (χ4n) is 3.19. The maximum Gasteiger partial charge on any atom is 0.0820 e. The molecule has 1 heterocycles. The van der Waals surface area contributed by atoms with Crippen molar-refractivity contribution in [2.24, 2.45) is 5.92 Å². The van der Waals surface area contributed by atoms with Crippen LogP contribution in [0.5, 0.6) is 0 Å². The highest BCUT2D eigenvalue weighted by molar-refractivity contribution is 6.31. The van der Waals surface area contributed by atoms with Crippen LogP contribution in [0, 0.1) is 5.92 Å². The molecular formula is C16H28ClN3. The van der Waals surface area contributed by atoms with Gasteiger partial charge >= 0.3 is 0 Å². The Labute approximate surface area is 128 Å². The Morgan fingerprint density at radius 1 is 1.40 bits per heavy atom. The maximum absolute atomic E-state index is 6.42. The van der Waals surface area contributed by atoms with E-state index in [1.165, 1.54) is 25.0 Å². The monoisotopic (exact) mass is 297 g/mol. The van der Waals surface area contributed by atoms with Gasteiger partial charge in [-0.3, -0.25) is 4.68 Å². The van der Waals surface area contributed by atoms with Gasteiger partial charge in [0.1, 0.15) is 0 Å². The highest BCUT2D eigenvalue weighted by Gasteiger charge is 2.33. The van der Waals surface area contributed by atoms with Crippen LogP contribution in [0.25, 0.3) is 0 Å². The summed E-state index contributed by atoms with van der Waals surface area (Å²) in [5, 5.41) is 8.96. The Hall–Kier alpha value is -0.540. The second-order valence-electron chi connectivity index (χ2n) is 7.34. The van der Waals surface area contributed by atoms with E-state index in [1.54, 1.807) is 0 Å². The minimum absolute atomic E-state index is 0.176. The van der Waals surface area contributed by atoms with Crippen LogP contribution >= 0.6 is 11.6 Å². The SMILES string of the molecule is CC(C)n1ncc(Cl)c1C1CCCC1CNC(C)(C)C. The van der Waals surface area contributed by atoms with Gasteiger partial charge in [0, 0.05) is 17.5 Å². The highest BCUT2D eigenvalue weighted by Crippen LogP contribution is 2.42. The van der Waals surface area contributed by atoms with Crippen LogP contribution in [0.4, 0.5) is 0 Å². The number of halogens is 1. The maximum atomic E-state index is 6.42. The van der Waals surface area contributed by atoms with Crippen LogP contribution in [0.1, 0.15) is 71.5 Å². The van der Waals surface area contributed by atoms with E-state index >= 15 is 0 Å². The fraction of sp³-hybridized carbons (Fsp3) is 0.812. The van der Waals surface area contributed by atoms with Crippen molar-refractivity contribution in [1.82, 2.24) is 15.1 Å². The van der Waals surface area contributed by atoms with Crippen molar-refractivity contribution in [1.29, 1.82) is 0 Å². The van der Waals surface area contributed by atoms with Gasteiger partial charge in [0.2, 0.25) is 0 Å². The van der Waals surface area contributed by atoms with E-state index in [0.717, 1.165) is 11.6 Å². The summed E-state index contributed by atoms with van der Waals surface area (Å²) in [4.78, 5) is 0. The third-order valence-electron chi connectivity index (χ3n) is 4.18. The molecule has 0 amide bonds. The van der Waals surface area contributed by atoms with E-state index in [-0.39, 0.29) is 5.54 Å². The summed E-state index contributed by atoms with van der Waals surface area (Å²) in [6.45, 7) is 12.1. The van der Waals surface area contributed by atoms with Gasteiger partial charge < -0.3 is 5.32 Å². The molecule has 1 aromatic heterocycles. The van der Waals surface area contributed by atoms with E-state index in [0.29, 0.717) is 17.9 Å². The predicted octanol–water partition coefficient (Wildman–Crippen LogP) is 4.39. The second-order valence-corrected chi connectivity index (χ2v) is 7.75. The van der Waals surface area contributed by atoms with E-state index < -0.39 is 0 Å². The van der Waals surface area contributed by atoms with Crippen LogP contribution in [-0.2, 0) is 0 Å². The number of nitrogens with zero attached hydrogens (tertiary/aromatic N) is 2. The molecule has 1 saturated carbocycles. The number of aromatic nitrogens is 2. The van der Waals surface area contributed by atoms with Gasteiger partial charge in [-0.15, -0.1) is 0 Å². The minimum atomic E-state index is 0.176. The van der Waals surface area contributed by atoms with E-state index in [1.807, 2.05) is 6.20 Å². The molecule has 2 unspecified atom stereocenters. The minimum Gasteiger partial charge on any atom is -0.312 e. The van der Waals surface area contributed by atoms with E-state index in [2.05, 4.69) is 49.7 Å². The van der Waals surface area contributed by atoms with Crippen molar-refractivity contribution in [2.45, 2.75) is 71.4 Å². The average Bonchev–Trinajstić information content (AvgIpc) is 2.90. The molecule has 114 valence electrons. The molecule has 0 radical (unpaired) electrons. The van der Waals surface area contributed by atoms with Crippen LogP contribution in [0.15, 0.2) is 6.20 Å². The molecule has 0 saturated heterocycles. The molecule has 1 aliphatic rings. The summed E-state index contributed by atoms with van der Waals surface area (Å²) in [5.41, 5.74) is 1.43. The van der Waals surface area contributed by atoms with Gasteiger partial charge in [-0.1, -0.05) is 18.0 Å². The Morgan fingerprint density at radius 3 is 2.70 bits per heavy atom. The van der Waals surface area contributed by atoms with Gasteiger partial charge in [-0.2, -0.15) is 5.10 Å². The van der Waals surface area contributed by atoms with Gasteiger partial charge in [0.05, 0.1) is 16.9 Å². The van der Waals surface area contributed by atoms with Crippen LogP contribution < -0.4 is 5.32 Å². The summed E-state index contributed by atoms with van der Waals surface area (Å²) in [7, 11) is 0. The molecular weight excluding hydrogens is 270 g/mol. The van der Waals surface area contributed by atoms with Crippen LogP contribution in [0.2, 0.25) is 5.02 Å². The zero-order chi connectivity index (χ0) is 14.9. The Kier molecular flexibility index (Phi) is 4.80. The molecule has 0 aliphatic heterocycles. The lowest BCUT2D eigenvalue weighted by atomic mass is 9.91. The molecule has 4 heteroatoms. The van der Waals surface area contributed by atoms with Gasteiger partial charge in [0.25, 0.3) is 0 Å². The average molecular weight is 298 g/mol. The molecule has 3 nitrogen and oxygen atoms in total. The molecule has 1 aliphatic carbocycles. The first-order valence-corrected chi connectivity index (χ1v) is 8.15. The zero-order valence-corrected chi connectivity index (χ0v) is 14.2. The Bertz CT molecular complexity index is 445. The molecule has 2 atom stereocenters. The summed E-state index contributed by atoms with van der Waals surface area (Å²) in [6, 6.07) is 0.370. The third-order valence-corrected chi connectivity index (χ3v) is 4.47. The molecule has 0 bridgehead atoms. The molecule has 2 rings (SSSR count). The van der Waals surface area contributed by atoms with Gasteiger partial charge in [-0.25, -0.2) is 0 Å². The predicted molar refractivity (Wildman–Crippen MR) is 85.5 cm³/mol. The van der Waals surface area contributed by atoms with Crippen molar-refractivity contribution in [3.8, 4) is 0 Å². The standard InChI is InChI=1S/C16H28ClN3/c1-11(2)20-15(14(17)10-19-20)13-8-6-7-12(13)9-18-16(3,4)5/h10-13,18H,6-9H2,1-5H3. The molecule has 0 spiro atoms. The van der Waals surface area contributed by atoms with Crippen molar-refractivity contribution < 1.29 is 0 Å². The molecule has 1 N–H and O–H groups in total. The summed E-state index contributed by atoms with van der Waals surface area (Å²) >= 11 is 6.42. The van der Waals surface area contributed by atoms with Crippen molar-refractivity contribution in [3.05, 3.63) is 16.9 Å². The number of hydrogen-bond donors (Lipinski definition) is 1. The largest absolute Gasteiger partial charge is 0.312 e. The molecule has 20 heavy (non-hydrogen) atoms. The lowest BCUT2D eigenvalue weighted by molar-refractivity contribution is 0.346. The Morgan fingerprint density at radius 2 is 2.10 bits per heavy atom. The van der Waals surface area contributed by atoms with E-state index in [4.69, 9.17) is 11.6 Å². The first-order valence-electron chi connectivity index (χ1n) is 7.77. The van der Waals surface area contributed by atoms with Crippen LogP contribution in [0.3, 0.4) is 0 Å². The topological polar surface area (TPSA) is 29.9 Å². The smallest absolute Gasteiger partial charge is 0.0820 e.